The number of nitrogens with zero attached hydrogens (tertiary/aromatic N) is 3. The second-order valence-electron chi connectivity index (χ2n) is 7.62. The molecule has 0 bridgehead atoms. The third kappa shape index (κ3) is 5.51. The maximum Gasteiger partial charge on any atom is 0.241 e. The van der Waals surface area contributed by atoms with E-state index in [4.69, 9.17) is 19.5 Å². The average molecular weight is 438 g/mol. The van der Waals surface area contributed by atoms with Crippen molar-refractivity contribution < 1.29 is 19.0 Å². The van der Waals surface area contributed by atoms with Gasteiger partial charge in [-0.05, 0) is 56.6 Å². The van der Waals surface area contributed by atoms with Gasteiger partial charge in [0.2, 0.25) is 5.91 Å². The van der Waals surface area contributed by atoms with Crippen LogP contribution in [0, 0.1) is 11.3 Å². The molecule has 2 aromatic carbocycles. The molecular weight excluding hydrogens is 406 g/mol. The van der Waals surface area contributed by atoms with Gasteiger partial charge in [-0.2, -0.15) is 5.26 Å². The van der Waals surface area contributed by atoms with Crippen LogP contribution in [0.3, 0.4) is 0 Å². The summed E-state index contributed by atoms with van der Waals surface area (Å²) in [6, 6.07) is 15.5. The molecule has 1 saturated heterocycles. The van der Waals surface area contributed by atoms with E-state index in [1.165, 1.54) is 0 Å². The maximum atomic E-state index is 13.3. The van der Waals surface area contributed by atoms with Crippen molar-refractivity contribution in [1.82, 2.24) is 4.90 Å². The summed E-state index contributed by atoms with van der Waals surface area (Å²) in [5.41, 5.74) is 1.83. The van der Waals surface area contributed by atoms with Gasteiger partial charge in [-0.15, -0.1) is 0 Å². The van der Waals surface area contributed by atoms with Crippen molar-refractivity contribution in [2.75, 3.05) is 45.4 Å². The normalized spacial score (nSPS) is 15.8. The van der Waals surface area contributed by atoms with Gasteiger partial charge < -0.3 is 19.1 Å². The van der Waals surface area contributed by atoms with E-state index in [-0.39, 0.29) is 24.9 Å². The van der Waals surface area contributed by atoms with Crippen LogP contribution in [0.25, 0.3) is 0 Å². The molecule has 170 valence electrons. The highest BCUT2D eigenvalue weighted by molar-refractivity contribution is 5.95. The fourth-order valence-electron chi connectivity index (χ4n) is 4.17. The zero-order chi connectivity index (χ0) is 22.9. The Morgan fingerprint density at radius 3 is 2.56 bits per heavy atom. The number of nitriles is 1. The van der Waals surface area contributed by atoms with Crippen molar-refractivity contribution in [2.24, 2.45) is 0 Å². The van der Waals surface area contributed by atoms with Crippen molar-refractivity contribution in [2.45, 2.75) is 32.2 Å². The van der Waals surface area contributed by atoms with Crippen LogP contribution in [0.5, 0.6) is 17.2 Å². The molecule has 0 N–H and O–H groups in total. The Labute approximate surface area is 190 Å². The molecule has 0 aromatic heterocycles. The number of anilines is 1. The van der Waals surface area contributed by atoms with E-state index < -0.39 is 0 Å². The highest BCUT2D eigenvalue weighted by Crippen LogP contribution is 2.38. The number of carbonyl (C=O) groups is 1. The molecule has 2 aromatic rings. The predicted octanol–water partition coefficient (Wildman–Crippen LogP) is 4.19. The highest BCUT2D eigenvalue weighted by Gasteiger charge is 2.31. The number of benzene rings is 2. The van der Waals surface area contributed by atoms with Gasteiger partial charge in [0, 0.05) is 29.9 Å². The first-order valence-corrected chi connectivity index (χ1v) is 11.0. The Bertz CT molecular complexity index is 939. The molecule has 1 aliphatic rings. The van der Waals surface area contributed by atoms with E-state index in [1.807, 2.05) is 49.4 Å². The van der Waals surface area contributed by atoms with E-state index >= 15 is 0 Å². The third-order valence-corrected chi connectivity index (χ3v) is 5.71. The fraction of sp³-hybridized carbons (Fsp3) is 0.440. The second-order valence-corrected chi connectivity index (χ2v) is 7.62. The van der Waals surface area contributed by atoms with Gasteiger partial charge in [-0.1, -0.05) is 6.07 Å². The largest absolute Gasteiger partial charge is 0.497 e. The Kier molecular flexibility index (Phi) is 8.34. The molecule has 1 heterocycles. The van der Waals surface area contributed by atoms with Gasteiger partial charge in [0.15, 0.2) is 0 Å². The summed E-state index contributed by atoms with van der Waals surface area (Å²) >= 11 is 0. The number of amides is 1. The number of likely N-dealkylation sites (tertiary alicyclic amines) is 1. The smallest absolute Gasteiger partial charge is 0.241 e. The molecule has 7 nitrogen and oxygen atoms in total. The zero-order valence-electron chi connectivity index (χ0n) is 19.0. The summed E-state index contributed by atoms with van der Waals surface area (Å²) in [6.45, 7) is 3.98. The first-order chi connectivity index (χ1) is 15.6. The van der Waals surface area contributed by atoms with E-state index in [2.05, 4.69) is 11.0 Å². The number of ether oxygens (including phenoxy) is 3. The third-order valence-electron chi connectivity index (χ3n) is 5.71. The number of hydrogen-bond acceptors (Lipinski definition) is 6. The topological polar surface area (TPSA) is 75.0 Å². The fourth-order valence-corrected chi connectivity index (χ4v) is 4.17. The van der Waals surface area contributed by atoms with Crippen molar-refractivity contribution >= 4 is 11.6 Å². The maximum absolute atomic E-state index is 13.3. The lowest BCUT2D eigenvalue weighted by molar-refractivity contribution is -0.120. The quantitative estimate of drug-likeness (QED) is 0.555. The summed E-state index contributed by atoms with van der Waals surface area (Å²) in [5.74, 6) is 2.24. The Hall–Kier alpha value is -3.24. The number of methoxy groups -OCH3 is 2. The van der Waals surface area contributed by atoms with Crippen molar-refractivity contribution in [3.63, 3.8) is 0 Å². The number of hydrogen-bond donors (Lipinski definition) is 0. The lowest BCUT2D eigenvalue weighted by Crippen LogP contribution is -2.40. The minimum absolute atomic E-state index is 0.0243. The van der Waals surface area contributed by atoms with Gasteiger partial charge >= 0.3 is 0 Å². The zero-order valence-corrected chi connectivity index (χ0v) is 19.0. The molecule has 1 fully saturated rings. The summed E-state index contributed by atoms with van der Waals surface area (Å²) in [4.78, 5) is 17.2. The van der Waals surface area contributed by atoms with Crippen LogP contribution in [-0.4, -0.2) is 51.3 Å². The Morgan fingerprint density at radius 1 is 1.16 bits per heavy atom. The minimum Gasteiger partial charge on any atom is -0.497 e. The summed E-state index contributed by atoms with van der Waals surface area (Å²) in [5, 5.41) is 9.09. The van der Waals surface area contributed by atoms with Gasteiger partial charge in [-0.3, -0.25) is 9.69 Å². The monoisotopic (exact) mass is 437 g/mol. The van der Waals surface area contributed by atoms with Gasteiger partial charge in [0.25, 0.3) is 0 Å². The lowest BCUT2D eigenvalue weighted by atomic mass is 10.0. The van der Waals surface area contributed by atoms with Gasteiger partial charge in [0.1, 0.15) is 17.2 Å². The molecule has 1 aliphatic heterocycles. The molecule has 1 amide bonds. The first-order valence-electron chi connectivity index (χ1n) is 11.0. The van der Waals surface area contributed by atoms with Crippen molar-refractivity contribution in [3.8, 4) is 23.3 Å². The van der Waals surface area contributed by atoms with Crippen molar-refractivity contribution in [1.29, 1.82) is 5.26 Å². The molecule has 0 saturated carbocycles. The Morgan fingerprint density at radius 2 is 1.91 bits per heavy atom. The summed E-state index contributed by atoms with van der Waals surface area (Å²) in [6.07, 6.45) is 2.24. The SMILES string of the molecule is CCOc1ccc(N(CCC#N)C(=O)CN2CCCC2c2ccc(OC)cc2OC)cc1. The summed E-state index contributed by atoms with van der Waals surface area (Å²) in [7, 11) is 3.28. The van der Waals surface area contributed by atoms with Crippen LogP contribution < -0.4 is 19.1 Å². The van der Waals surface area contributed by atoms with Crippen LogP contribution in [0.1, 0.15) is 37.8 Å². The van der Waals surface area contributed by atoms with Gasteiger partial charge in [-0.25, -0.2) is 0 Å². The molecule has 1 unspecified atom stereocenters. The first kappa shape index (κ1) is 23.4. The Balaban J connectivity index is 1.78. The molecular formula is C25H31N3O4. The number of carbonyl (C=O) groups excluding carboxylic acids is 1. The molecule has 7 heteroatoms. The lowest BCUT2D eigenvalue weighted by Gasteiger charge is -2.29. The van der Waals surface area contributed by atoms with E-state index in [0.29, 0.717) is 13.2 Å². The van der Waals surface area contributed by atoms with Crippen LogP contribution in [0.15, 0.2) is 42.5 Å². The van der Waals surface area contributed by atoms with Crippen LogP contribution in [0.4, 0.5) is 5.69 Å². The standard InChI is InChI=1S/C25H31N3O4/c1-4-32-20-10-8-19(9-11-20)28(16-6-14-26)25(29)18-27-15-5-7-23(27)22-13-12-21(30-2)17-24(22)31-3/h8-13,17,23H,4-7,15-16,18H2,1-3H3. The predicted molar refractivity (Wildman–Crippen MR) is 123 cm³/mol. The average Bonchev–Trinajstić information content (AvgIpc) is 3.27. The van der Waals surface area contributed by atoms with Crippen LogP contribution in [-0.2, 0) is 4.79 Å². The molecule has 32 heavy (non-hydrogen) atoms. The molecule has 0 spiro atoms. The molecule has 1 atom stereocenters. The molecule has 0 radical (unpaired) electrons. The summed E-state index contributed by atoms with van der Waals surface area (Å²) < 4.78 is 16.4. The van der Waals surface area contributed by atoms with Crippen molar-refractivity contribution in [3.05, 3.63) is 48.0 Å². The molecule has 0 aliphatic carbocycles. The minimum atomic E-state index is -0.0243. The van der Waals surface area contributed by atoms with Crippen LogP contribution in [0.2, 0.25) is 0 Å². The van der Waals surface area contributed by atoms with Crippen LogP contribution >= 0.6 is 0 Å². The van der Waals surface area contributed by atoms with E-state index in [0.717, 1.165) is 47.9 Å². The molecule has 3 rings (SSSR count). The van der Waals surface area contributed by atoms with E-state index in [1.54, 1.807) is 19.1 Å². The van der Waals surface area contributed by atoms with E-state index in [9.17, 15) is 4.79 Å². The second kappa shape index (κ2) is 11.4. The van der Waals surface area contributed by atoms with Gasteiger partial charge in [0.05, 0.1) is 39.9 Å². The number of rotatable bonds is 10. The highest BCUT2D eigenvalue weighted by atomic mass is 16.5.